The van der Waals surface area contributed by atoms with E-state index in [1.54, 1.807) is 18.2 Å². The van der Waals surface area contributed by atoms with Gasteiger partial charge in [0.25, 0.3) is 5.91 Å². The number of nitrogens with one attached hydrogen (secondary N) is 2. The van der Waals surface area contributed by atoms with Gasteiger partial charge in [-0.1, -0.05) is 37.3 Å². The summed E-state index contributed by atoms with van der Waals surface area (Å²) in [4.78, 5) is 24.5. The third-order valence-electron chi connectivity index (χ3n) is 3.86. The van der Waals surface area contributed by atoms with Gasteiger partial charge in [0.1, 0.15) is 0 Å². The van der Waals surface area contributed by atoms with Gasteiger partial charge in [-0.05, 0) is 30.2 Å². The number of rotatable bonds is 4. The summed E-state index contributed by atoms with van der Waals surface area (Å²) < 4.78 is 10.4. The summed E-state index contributed by atoms with van der Waals surface area (Å²) in [6.07, 6.45) is 0.635. The van der Waals surface area contributed by atoms with Crippen molar-refractivity contribution in [2.24, 2.45) is 0 Å². The van der Waals surface area contributed by atoms with Crippen molar-refractivity contribution in [3.05, 3.63) is 59.7 Å². The standard InChI is InChI=1S/C18H18N2O4/c1-2-14(12-6-4-3-5-7-12)18(22)20-19-17(21)13-8-9-15-16(10-13)24-11-23-15/h3-10,14H,2,11H2,1H3,(H,19,21)(H,20,22)/t14-/m0/s1. The number of fused-ring (bicyclic) bond motifs is 1. The second-order valence-corrected chi connectivity index (χ2v) is 5.38. The van der Waals surface area contributed by atoms with Crippen molar-refractivity contribution in [2.45, 2.75) is 19.3 Å². The predicted molar refractivity (Wildman–Crippen MR) is 87.6 cm³/mol. The van der Waals surface area contributed by atoms with Gasteiger partial charge in [0.2, 0.25) is 12.7 Å². The van der Waals surface area contributed by atoms with E-state index >= 15 is 0 Å². The van der Waals surface area contributed by atoms with Gasteiger partial charge in [-0.2, -0.15) is 0 Å². The number of hydrogen-bond acceptors (Lipinski definition) is 4. The zero-order valence-corrected chi connectivity index (χ0v) is 13.2. The molecular formula is C18H18N2O4. The van der Waals surface area contributed by atoms with Crippen LogP contribution in [0.15, 0.2) is 48.5 Å². The van der Waals surface area contributed by atoms with Crippen molar-refractivity contribution in [3.8, 4) is 11.5 Å². The number of carbonyl (C=O) groups is 2. The first-order valence-electron chi connectivity index (χ1n) is 7.74. The maximum absolute atomic E-state index is 12.3. The van der Waals surface area contributed by atoms with Gasteiger partial charge in [-0.3, -0.25) is 20.4 Å². The monoisotopic (exact) mass is 326 g/mol. The van der Waals surface area contributed by atoms with Crippen LogP contribution in [-0.4, -0.2) is 18.6 Å². The maximum atomic E-state index is 12.3. The van der Waals surface area contributed by atoms with E-state index in [1.807, 2.05) is 37.3 Å². The predicted octanol–water partition coefficient (Wildman–Crippen LogP) is 2.37. The van der Waals surface area contributed by atoms with Crippen molar-refractivity contribution < 1.29 is 19.1 Å². The van der Waals surface area contributed by atoms with E-state index in [2.05, 4.69) is 10.9 Å². The Hall–Kier alpha value is -3.02. The molecule has 0 bridgehead atoms. The Labute approximate surface area is 139 Å². The molecule has 24 heavy (non-hydrogen) atoms. The Morgan fingerprint density at radius 3 is 2.54 bits per heavy atom. The second-order valence-electron chi connectivity index (χ2n) is 5.38. The minimum Gasteiger partial charge on any atom is -0.454 e. The fourth-order valence-corrected chi connectivity index (χ4v) is 2.57. The van der Waals surface area contributed by atoms with Gasteiger partial charge in [-0.25, -0.2) is 0 Å². The van der Waals surface area contributed by atoms with Crippen molar-refractivity contribution >= 4 is 11.8 Å². The van der Waals surface area contributed by atoms with Crippen LogP contribution in [0.3, 0.4) is 0 Å². The molecule has 0 fully saturated rings. The van der Waals surface area contributed by atoms with Crippen molar-refractivity contribution in [1.29, 1.82) is 0 Å². The van der Waals surface area contributed by atoms with Crippen LogP contribution >= 0.6 is 0 Å². The summed E-state index contributed by atoms with van der Waals surface area (Å²) in [6, 6.07) is 14.3. The minimum absolute atomic E-state index is 0.145. The first-order chi connectivity index (χ1) is 11.7. The molecule has 1 aliphatic heterocycles. The molecule has 0 spiro atoms. The maximum Gasteiger partial charge on any atom is 0.269 e. The van der Waals surface area contributed by atoms with Crippen molar-refractivity contribution in [1.82, 2.24) is 10.9 Å². The molecule has 1 heterocycles. The van der Waals surface area contributed by atoms with E-state index in [1.165, 1.54) is 0 Å². The molecule has 0 aromatic heterocycles. The van der Waals surface area contributed by atoms with Gasteiger partial charge in [-0.15, -0.1) is 0 Å². The Kier molecular flexibility index (Phi) is 4.65. The highest BCUT2D eigenvalue weighted by molar-refractivity contribution is 5.96. The average molecular weight is 326 g/mol. The van der Waals surface area contributed by atoms with Gasteiger partial charge < -0.3 is 9.47 Å². The van der Waals surface area contributed by atoms with Gasteiger partial charge >= 0.3 is 0 Å². The third kappa shape index (κ3) is 3.32. The molecule has 1 aliphatic rings. The lowest BCUT2D eigenvalue weighted by atomic mass is 9.96. The highest BCUT2D eigenvalue weighted by atomic mass is 16.7. The summed E-state index contributed by atoms with van der Waals surface area (Å²) in [5.74, 6) is 0.140. The van der Waals surface area contributed by atoms with Crippen LogP contribution in [0.2, 0.25) is 0 Å². The van der Waals surface area contributed by atoms with E-state index in [-0.39, 0.29) is 18.6 Å². The van der Waals surface area contributed by atoms with Gasteiger partial charge in [0, 0.05) is 5.56 Å². The Bertz CT molecular complexity index is 746. The molecular weight excluding hydrogens is 308 g/mol. The van der Waals surface area contributed by atoms with E-state index in [0.29, 0.717) is 23.5 Å². The molecule has 124 valence electrons. The lowest BCUT2D eigenvalue weighted by Gasteiger charge is -2.16. The fourth-order valence-electron chi connectivity index (χ4n) is 2.57. The molecule has 2 aromatic rings. The van der Waals surface area contributed by atoms with Gasteiger partial charge in [0.05, 0.1) is 5.92 Å². The van der Waals surface area contributed by atoms with Crippen LogP contribution in [0.4, 0.5) is 0 Å². The van der Waals surface area contributed by atoms with Crippen molar-refractivity contribution in [3.63, 3.8) is 0 Å². The van der Waals surface area contributed by atoms with E-state index in [4.69, 9.17) is 9.47 Å². The van der Waals surface area contributed by atoms with E-state index in [9.17, 15) is 9.59 Å². The average Bonchev–Trinajstić information content (AvgIpc) is 3.09. The molecule has 0 saturated carbocycles. The summed E-state index contributed by atoms with van der Waals surface area (Å²) in [7, 11) is 0. The third-order valence-corrected chi connectivity index (χ3v) is 3.86. The van der Waals surface area contributed by atoms with E-state index < -0.39 is 5.91 Å². The first kappa shape index (κ1) is 15.9. The number of hydrazine groups is 1. The van der Waals surface area contributed by atoms with Crippen LogP contribution in [0, 0.1) is 0 Å². The largest absolute Gasteiger partial charge is 0.454 e. The molecule has 0 radical (unpaired) electrons. The summed E-state index contributed by atoms with van der Waals surface area (Å²) in [5, 5.41) is 0. The van der Waals surface area contributed by atoms with Crippen LogP contribution < -0.4 is 20.3 Å². The fraction of sp³-hybridized carbons (Fsp3) is 0.222. The van der Waals surface area contributed by atoms with Crippen LogP contribution in [0.1, 0.15) is 35.2 Å². The topological polar surface area (TPSA) is 76.7 Å². The zero-order chi connectivity index (χ0) is 16.9. The van der Waals surface area contributed by atoms with Crippen LogP contribution in [0.25, 0.3) is 0 Å². The zero-order valence-electron chi connectivity index (χ0n) is 13.2. The molecule has 1 atom stereocenters. The number of benzene rings is 2. The summed E-state index contributed by atoms with van der Waals surface area (Å²) >= 11 is 0. The molecule has 3 rings (SSSR count). The van der Waals surface area contributed by atoms with E-state index in [0.717, 1.165) is 5.56 Å². The molecule has 0 saturated heterocycles. The molecule has 6 heteroatoms. The quantitative estimate of drug-likeness (QED) is 0.846. The number of amides is 2. The molecule has 2 aromatic carbocycles. The van der Waals surface area contributed by atoms with Crippen LogP contribution in [-0.2, 0) is 4.79 Å². The summed E-state index contributed by atoms with van der Waals surface area (Å²) in [5.41, 5.74) is 6.22. The molecule has 6 nitrogen and oxygen atoms in total. The second kappa shape index (κ2) is 7.04. The molecule has 2 N–H and O–H groups in total. The minimum atomic E-state index is -0.412. The van der Waals surface area contributed by atoms with Crippen molar-refractivity contribution in [2.75, 3.05) is 6.79 Å². The lowest BCUT2D eigenvalue weighted by Crippen LogP contribution is -2.43. The summed E-state index contributed by atoms with van der Waals surface area (Å²) in [6.45, 7) is 2.07. The SMILES string of the molecule is CC[C@H](C(=O)NNC(=O)c1ccc2c(c1)OCO2)c1ccccc1. The molecule has 2 amide bonds. The van der Waals surface area contributed by atoms with Gasteiger partial charge in [0.15, 0.2) is 11.5 Å². The number of carbonyl (C=O) groups excluding carboxylic acids is 2. The smallest absolute Gasteiger partial charge is 0.269 e. The highest BCUT2D eigenvalue weighted by Crippen LogP contribution is 2.32. The first-order valence-corrected chi connectivity index (χ1v) is 7.74. The molecule has 0 aliphatic carbocycles. The lowest BCUT2D eigenvalue weighted by molar-refractivity contribution is -0.123. The molecule has 0 unspecified atom stereocenters. The number of hydrogen-bond donors (Lipinski definition) is 2. The Morgan fingerprint density at radius 2 is 1.79 bits per heavy atom. The van der Waals surface area contributed by atoms with Crippen LogP contribution in [0.5, 0.6) is 11.5 Å². The Morgan fingerprint density at radius 1 is 1.04 bits per heavy atom. The normalized spacial score (nSPS) is 13.2. The Balaban J connectivity index is 1.62. The highest BCUT2D eigenvalue weighted by Gasteiger charge is 2.20. The number of ether oxygens (including phenoxy) is 2.